The van der Waals surface area contributed by atoms with Crippen LogP contribution in [0, 0.1) is 10.1 Å². The van der Waals surface area contributed by atoms with Crippen molar-refractivity contribution < 1.29 is 32.3 Å². The number of nitrogens with one attached hydrogen (secondary N) is 1. The van der Waals surface area contributed by atoms with E-state index in [1.165, 1.54) is 25.6 Å². The number of ether oxygens (including phenoxy) is 4. The number of nitrogen functional groups attached to an aromatic ring is 1. The molecule has 4 heterocycles. The van der Waals surface area contributed by atoms with Gasteiger partial charge in [0.2, 0.25) is 10.0 Å². The summed E-state index contributed by atoms with van der Waals surface area (Å²) in [5.41, 5.74) is 6.72. The van der Waals surface area contributed by atoms with Gasteiger partial charge in [0.25, 0.3) is 0 Å². The van der Waals surface area contributed by atoms with Crippen LogP contribution >= 0.6 is 0 Å². The first-order valence-corrected chi connectivity index (χ1v) is 12.4. The first kappa shape index (κ1) is 24.3. The van der Waals surface area contributed by atoms with Crippen molar-refractivity contribution in [1.82, 2.24) is 19.3 Å². The van der Waals surface area contributed by atoms with E-state index in [9.17, 15) is 18.5 Å². The summed E-state index contributed by atoms with van der Waals surface area (Å²) in [6.07, 6.45) is -1.18. The average molecular weight is 521 g/mol. The van der Waals surface area contributed by atoms with Gasteiger partial charge in [-0.3, -0.25) is 10.1 Å². The number of sulfonamides is 1. The van der Waals surface area contributed by atoms with Gasteiger partial charge in [-0.05, 0) is 38.1 Å². The maximum absolute atomic E-state index is 13.0. The van der Waals surface area contributed by atoms with Gasteiger partial charge < -0.3 is 24.7 Å². The van der Waals surface area contributed by atoms with E-state index in [2.05, 4.69) is 14.8 Å². The summed E-state index contributed by atoms with van der Waals surface area (Å²) in [5.74, 6) is -0.675. The smallest absolute Gasteiger partial charge is 0.312 e. The SMILES string of the molecule is COc1ccc(S(=O)(=O)NC[C@H]2O[C@@H](c3ccc4c(N)ncnn34)[C@@H]3OC(C)(C)O[C@@H]32)cc1[N+](=O)[O-]. The molecule has 0 unspecified atom stereocenters. The lowest BCUT2D eigenvalue weighted by Gasteiger charge is -2.24. The van der Waals surface area contributed by atoms with Gasteiger partial charge in [-0.1, -0.05) is 0 Å². The summed E-state index contributed by atoms with van der Waals surface area (Å²) in [6, 6.07) is 6.95. The average Bonchev–Trinajstić information content (AvgIpc) is 3.48. The number of nitrogens with two attached hydrogens (primary N) is 1. The third kappa shape index (κ3) is 4.14. The van der Waals surface area contributed by atoms with Crippen LogP contribution in [-0.4, -0.2) is 65.7 Å². The minimum absolute atomic E-state index is 0.0497. The molecule has 15 heteroatoms. The number of hydrogen-bond acceptors (Lipinski definition) is 11. The summed E-state index contributed by atoms with van der Waals surface area (Å²) in [7, 11) is -2.86. The second kappa shape index (κ2) is 8.63. The summed E-state index contributed by atoms with van der Waals surface area (Å²) < 4.78 is 53.3. The molecule has 5 rings (SSSR count). The minimum Gasteiger partial charge on any atom is -0.490 e. The zero-order valence-corrected chi connectivity index (χ0v) is 20.3. The van der Waals surface area contributed by atoms with E-state index >= 15 is 0 Å². The first-order valence-electron chi connectivity index (χ1n) is 10.9. The van der Waals surface area contributed by atoms with Crippen molar-refractivity contribution in [3.05, 3.63) is 52.5 Å². The predicted molar refractivity (Wildman–Crippen MR) is 124 cm³/mol. The first-order chi connectivity index (χ1) is 17.0. The number of aromatic nitrogens is 3. The third-order valence-electron chi connectivity index (χ3n) is 6.08. The van der Waals surface area contributed by atoms with Gasteiger partial charge in [0.1, 0.15) is 36.3 Å². The van der Waals surface area contributed by atoms with Gasteiger partial charge in [0.05, 0.1) is 22.6 Å². The second-order valence-electron chi connectivity index (χ2n) is 8.80. The Bertz CT molecular complexity index is 1440. The topological polar surface area (TPSA) is 182 Å². The molecule has 36 heavy (non-hydrogen) atoms. The van der Waals surface area contributed by atoms with Crippen molar-refractivity contribution in [3.63, 3.8) is 0 Å². The van der Waals surface area contributed by atoms with Gasteiger partial charge in [-0.25, -0.2) is 22.6 Å². The van der Waals surface area contributed by atoms with Crippen LogP contribution in [0.4, 0.5) is 11.5 Å². The number of nitro benzene ring substituents is 1. The Morgan fingerprint density at radius 3 is 2.72 bits per heavy atom. The van der Waals surface area contributed by atoms with Gasteiger partial charge >= 0.3 is 5.69 Å². The standard InChI is InChI=1S/C21H24N6O8S/c1-21(2)34-18-16(9-25-36(30,31)11-4-7-15(32-3)14(8-11)27(28)29)33-17(19(18)35-21)12-5-6-13-20(22)23-10-24-26(12)13/h4-8,10,16-19,25H,9H2,1-3H3,(H2,22,23,24)/t16-,17+,18-,19+/m1/s1. The molecule has 2 fully saturated rings. The van der Waals surface area contributed by atoms with Crippen molar-refractivity contribution in [2.45, 2.75) is 48.9 Å². The van der Waals surface area contributed by atoms with Crippen molar-refractivity contribution in [2.24, 2.45) is 0 Å². The summed E-state index contributed by atoms with van der Waals surface area (Å²) in [4.78, 5) is 14.3. The predicted octanol–water partition coefficient (Wildman–Crippen LogP) is 1.17. The van der Waals surface area contributed by atoms with Crippen molar-refractivity contribution in [1.29, 1.82) is 0 Å². The van der Waals surface area contributed by atoms with Gasteiger partial charge in [-0.2, -0.15) is 5.10 Å². The number of hydrogen-bond donors (Lipinski definition) is 2. The number of nitrogens with zero attached hydrogens (tertiary/aromatic N) is 4. The molecule has 4 atom stereocenters. The fourth-order valence-electron chi connectivity index (χ4n) is 4.53. The van der Waals surface area contributed by atoms with Crippen LogP contribution in [0.3, 0.4) is 0 Å². The van der Waals surface area contributed by atoms with Crippen LogP contribution in [0.1, 0.15) is 25.6 Å². The maximum Gasteiger partial charge on any atom is 0.312 e. The molecule has 192 valence electrons. The Morgan fingerprint density at radius 2 is 2.00 bits per heavy atom. The molecule has 3 N–H and O–H groups in total. The Labute approximate surface area is 205 Å². The number of methoxy groups -OCH3 is 1. The van der Waals surface area contributed by atoms with E-state index in [1.807, 2.05) is 0 Å². The molecular weight excluding hydrogens is 496 g/mol. The molecule has 0 saturated carbocycles. The molecule has 2 aliphatic rings. The normalized spacial score (nSPS) is 25.2. The Morgan fingerprint density at radius 1 is 1.25 bits per heavy atom. The van der Waals surface area contributed by atoms with E-state index in [-0.39, 0.29) is 17.2 Å². The highest BCUT2D eigenvalue weighted by atomic mass is 32.2. The van der Waals surface area contributed by atoms with E-state index in [0.29, 0.717) is 17.0 Å². The molecule has 0 bridgehead atoms. The number of fused-ring (bicyclic) bond motifs is 2. The Kier molecular flexibility index (Phi) is 5.83. The zero-order chi connectivity index (χ0) is 25.8. The largest absolute Gasteiger partial charge is 0.490 e. The Balaban J connectivity index is 1.40. The molecule has 2 saturated heterocycles. The molecule has 14 nitrogen and oxygen atoms in total. The maximum atomic E-state index is 13.0. The van der Waals surface area contributed by atoms with E-state index in [1.54, 1.807) is 30.5 Å². The third-order valence-corrected chi connectivity index (χ3v) is 7.51. The van der Waals surface area contributed by atoms with Gasteiger partial charge in [0, 0.05) is 12.6 Å². The van der Waals surface area contributed by atoms with Gasteiger partial charge in [-0.15, -0.1) is 0 Å². The minimum atomic E-state index is -4.13. The second-order valence-corrected chi connectivity index (χ2v) is 10.6. The number of benzene rings is 1. The number of rotatable bonds is 7. The molecule has 0 radical (unpaired) electrons. The fourth-order valence-corrected chi connectivity index (χ4v) is 5.59. The lowest BCUT2D eigenvalue weighted by molar-refractivity contribution is -0.386. The monoisotopic (exact) mass is 520 g/mol. The van der Waals surface area contributed by atoms with E-state index < -0.39 is 50.8 Å². The highest BCUT2D eigenvalue weighted by Crippen LogP contribution is 2.45. The lowest BCUT2D eigenvalue weighted by Crippen LogP contribution is -2.39. The van der Waals surface area contributed by atoms with Gasteiger partial charge in [0.15, 0.2) is 17.4 Å². The van der Waals surface area contributed by atoms with Crippen LogP contribution in [0.15, 0.2) is 41.6 Å². The molecular formula is C21H24N6O8S. The molecule has 3 aromatic rings. The van der Waals surface area contributed by atoms with Crippen LogP contribution in [-0.2, 0) is 24.2 Å². The van der Waals surface area contributed by atoms with Crippen LogP contribution in [0.2, 0.25) is 0 Å². The molecule has 1 aromatic carbocycles. The van der Waals surface area contributed by atoms with Crippen molar-refractivity contribution in [3.8, 4) is 5.75 Å². The summed E-state index contributed by atoms with van der Waals surface area (Å²) >= 11 is 0. The fraction of sp³-hybridized carbons (Fsp3) is 0.429. The summed E-state index contributed by atoms with van der Waals surface area (Å²) in [6.45, 7) is 3.35. The van der Waals surface area contributed by atoms with Crippen LogP contribution in [0.25, 0.3) is 5.52 Å². The molecule has 0 amide bonds. The van der Waals surface area contributed by atoms with Crippen LogP contribution < -0.4 is 15.2 Å². The van der Waals surface area contributed by atoms with Crippen molar-refractivity contribution >= 4 is 27.0 Å². The molecule has 0 aliphatic carbocycles. The molecule has 2 aliphatic heterocycles. The quantitative estimate of drug-likeness (QED) is 0.337. The van der Waals surface area contributed by atoms with E-state index in [0.717, 1.165) is 6.07 Å². The summed E-state index contributed by atoms with van der Waals surface area (Å²) in [5, 5.41) is 15.6. The lowest BCUT2D eigenvalue weighted by atomic mass is 10.1. The molecule has 0 spiro atoms. The number of nitro groups is 1. The van der Waals surface area contributed by atoms with E-state index in [4.69, 9.17) is 24.7 Å². The van der Waals surface area contributed by atoms with Crippen LogP contribution in [0.5, 0.6) is 5.75 Å². The Hall–Kier alpha value is -3.37. The zero-order valence-electron chi connectivity index (χ0n) is 19.5. The highest BCUT2D eigenvalue weighted by Gasteiger charge is 2.56. The molecule has 2 aromatic heterocycles. The van der Waals surface area contributed by atoms with Crippen molar-refractivity contribution in [2.75, 3.05) is 19.4 Å². The highest BCUT2D eigenvalue weighted by molar-refractivity contribution is 7.89. The number of anilines is 1.